The maximum Gasteiger partial charge on any atom is 0.412 e. The fraction of sp³-hybridized carbons (Fsp3) is 0.400. The van der Waals surface area contributed by atoms with Crippen molar-refractivity contribution in [2.24, 2.45) is 0 Å². The van der Waals surface area contributed by atoms with Gasteiger partial charge in [0, 0.05) is 38.5 Å². The molecule has 44 heavy (non-hydrogen) atoms. The van der Waals surface area contributed by atoms with E-state index in [1.165, 1.54) is 7.11 Å². The lowest BCUT2D eigenvalue weighted by Gasteiger charge is -2.38. The molecule has 0 spiro atoms. The number of piperidine rings is 1. The van der Waals surface area contributed by atoms with Gasteiger partial charge in [-0.1, -0.05) is 67.6 Å². The van der Waals surface area contributed by atoms with Gasteiger partial charge in [0.05, 0.1) is 0 Å². The number of nitrogens with one attached hydrogen (secondary N) is 1. The van der Waals surface area contributed by atoms with E-state index in [2.05, 4.69) is 5.32 Å². The lowest BCUT2D eigenvalue weighted by molar-refractivity contribution is -0.129. The van der Waals surface area contributed by atoms with Crippen molar-refractivity contribution in [2.75, 3.05) is 32.1 Å². The second-order valence-corrected chi connectivity index (χ2v) is 11.4. The zero-order valence-electron chi connectivity index (χ0n) is 25.7. The number of carbonyl (C=O) groups excluding carboxylic acids is 3. The summed E-state index contributed by atoms with van der Waals surface area (Å²) in [4.78, 5) is 42.1. The summed E-state index contributed by atoms with van der Waals surface area (Å²) in [5.74, 6) is -0.0170. The van der Waals surface area contributed by atoms with Gasteiger partial charge in [-0.25, -0.2) is 9.59 Å². The predicted molar refractivity (Wildman–Crippen MR) is 168 cm³/mol. The van der Waals surface area contributed by atoms with E-state index in [1.54, 1.807) is 4.90 Å². The van der Waals surface area contributed by atoms with Crippen LogP contribution in [0.1, 0.15) is 53.5 Å². The van der Waals surface area contributed by atoms with Gasteiger partial charge in [0.1, 0.15) is 24.6 Å². The molecule has 0 radical (unpaired) electrons. The molecule has 3 amide bonds. The molecule has 0 aliphatic carbocycles. The van der Waals surface area contributed by atoms with Gasteiger partial charge in [-0.3, -0.25) is 0 Å². The summed E-state index contributed by atoms with van der Waals surface area (Å²) in [5.41, 5.74) is 5.60. The number of amides is 3. The average molecular weight is 600 g/mol. The number of carbonyl (C=O) groups is 3. The third-order valence-corrected chi connectivity index (χ3v) is 8.56. The summed E-state index contributed by atoms with van der Waals surface area (Å²) in [7, 11) is 1.43. The molecule has 0 bridgehead atoms. The molecule has 2 aliphatic heterocycles. The molecule has 9 nitrogen and oxygen atoms in total. The van der Waals surface area contributed by atoms with E-state index in [0.29, 0.717) is 51.1 Å². The number of hydrogen-bond acceptors (Lipinski definition) is 6. The zero-order chi connectivity index (χ0) is 31.1. The third-order valence-electron chi connectivity index (χ3n) is 8.56. The molecule has 0 saturated carbocycles. The monoisotopic (exact) mass is 599 g/mol. The Labute approximate surface area is 259 Å². The van der Waals surface area contributed by atoms with E-state index in [1.807, 2.05) is 85.5 Å². The maximum absolute atomic E-state index is 13.2. The second-order valence-electron chi connectivity index (χ2n) is 11.4. The first-order valence-electron chi connectivity index (χ1n) is 15.3. The smallest absolute Gasteiger partial charge is 0.412 e. The molecule has 5 rings (SSSR count). The van der Waals surface area contributed by atoms with Crippen LogP contribution in [0.5, 0.6) is 5.75 Å². The first-order chi connectivity index (χ1) is 21.4. The van der Waals surface area contributed by atoms with Crippen molar-refractivity contribution in [2.45, 2.75) is 64.4 Å². The first-order valence-corrected chi connectivity index (χ1v) is 15.3. The number of para-hydroxylation sites is 1. The summed E-state index contributed by atoms with van der Waals surface area (Å²) >= 11 is 0. The van der Waals surface area contributed by atoms with E-state index >= 15 is 0 Å². The normalized spacial score (nSPS) is 16.8. The van der Waals surface area contributed by atoms with Crippen molar-refractivity contribution in [3.8, 4) is 5.75 Å². The molecule has 3 aromatic carbocycles. The molecule has 1 saturated heterocycles. The number of methoxy groups -OCH3 is 1. The molecule has 1 fully saturated rings. The van der Waals surface area contributed by atoms with Gasteiger partial charge in [-0.15, -0.1) is 0 Å². The fourth-order valence-electron chi connectivity index (χ4n) is 6.11. The maximum atomic E-state index is 13.2. The number of rotatable bonds is 10. The van der Waals surface area contributed by atoms with Crippen LogP contribution in [-0.2, 0) is 33.7 Å². The quantitative estimate of drug-likeness (QED) is 0.224. The highest BCUT2D eigenvalue weighted by Gasteiger charge is 2.34. The Kier molecular flexibility index (Phi) is 10.2. The van der Waals surface area contributed by atoms with Crippen LogP contribution in [0.3, 0.4) is 0 Å². The number of aryl methyl sites for hydroxylation is 2. The van der Waals surface area contributed by atoms with Gasteiger partial charge in [0.15, 0.2) is 0 Å². The molecule has 2 atom stereocenters. The van der Waals surface area contributed by atoms with Crippen LogP contribution in [0.2, 0.25) is 0 Å². The number of ether oxygens (including phenoxy) is 3. The summed E-state index contributed by atoms with van der Waals surface area (Å²) in [5, 5.41) is 3.03. The van der Waals surface area contributed by atoms with Gasteiger partial charge >= 0.3 is 12.1 Å². The van der Waals surface area contributed by atoms with Crippen LogP contribution in [0.15, 0.2) is 66.7 Å². The van der Waals surface area contributed by atoms with Crippen LogP contribution in [0.4, 0.5) is 15.3 Å². The Bertz CT molecular complexity index is 1450. The minimum atomic E-state index is -1.09. The predicted octanol–water partition coefficient (Wildman–Crippen LogP) is 6.08. The molecule has 1 N–H and O–H groups in total. The molecule has 0 aromatic heterocycles. The van der Waals surface area contributed by atoms with Crippen LogP contribution in [-0.4, -0.2) is 67.3 Å². The van der Waals surface area contributed by atoms with Crippen molar-refractivity contribution < 1.29 is 28.6 Å². The topological polar surface area (TPSA) is 97.4 Å². The van der Waals surface area contributed by atoms with Crippen molar-refractivity contribution in [3.63, 3.8) is 0 Å². The SMILES string of the molecule is CCc1cc([C@@H](C=O)C(OC)OC(=O)N2CCC(N3CCc4ccccc4NC3=O)CC2)cc(C)c1OCc1ccccc1. The minimum Gasteiger partial charge on any atom is -0.488 e. The van der Waals surface area contributed by atoms with Crippen LogP contribution < -0.4 is 10.1 Å². The van der Waals surface area contributed by atoms with E-state index < -0.39 is 18.3 Å². The van der Waals surface area contributed by atoms with Gasteiger partial charge in [-0.2, -0.15) is 0 Å². The Morgan fingerprint density at radius 1 is 1.05 bits per heavy atom. The van der Waals surface area contributed by atoms with Crippen molar-refractivity contribution in [1.82, 2.24) is 9.80 Å². The van der Waals surface area contributed by atoms with Crippen LogP contribution in [0.25, 0.3) is 0 Å². The Morgan fingerprint density at radius 3 is 2.48 bits per heavy atom. The van der Waals surface area contributed by atoms with Crippen molar-refractivity contribution in [1.29, 1.82) is 0 Å². The Hall–Kier alpha value is -4.37. The van der Waals surface area contributed by atoms with E-state index in [-0.39, 0.29) is 12.1 Å². The number of anilines is 1. The van der Waals surface area contributed by atoms with Gasteiger partial charge in [0.25, 0.3) is 0 Å². The van der Waals surface area contributed by atoms with Crippen LogP contribution in [0, 0.1) is 6.92 Å². The molecule has 1 unspecified atom stereocenters. The minimum absolute atomic E-state index is 0.0207. The fourth-order valence-corrected chi connectivity index (χ4v) is 6.11. The lowest BCUT2D eigenvalue weighted by atomic mass is 9.94. The van der Waals surface area contributed by atoms with Gasteiger partial charge < -0.3 is 34.1 Å². The molecule has 2 aliphatic rings. The van der Waals surface area contributed by atoms with Crippen molar-refractivity contribution >= 4 is 24.1 Å². The van der Waals surface area contributed by atoms with Gasteiger partial charge in [0.2, 0.25) is 6.29 Å². The molecule has 2 heterocycles. The van der Waals surface area contributed by atoms with E-state index in [0.717, 1.165) is 46.4 Å². The molecular formula is C35H41N3O6. The Morgan fingerprint density at radius 2 is 1.77 bits per heavy atom. The lowest BCUT2D eigenvalue weighted by Crippen LogP contribution is -2.50. The molecular weight excluding hydrogens is 558 g/mol. The van der Waals surface area contributed by atoms with E-state index in [9.17, 15) is 14.4 Å². The highest BCUT2D eigenvalue weighted by Crippen LogP contribution is 2.32. The highest BCUT2D eigenvalue weighted by atomic mass is 16.7. The second kappa shape index (κ2) is 14.4. The number of nitrogens with zero attached hydrogens (tertiary/aromatic N) is 2. The first kappa shape index (κ1) is 31.1. The van der Waals surface area contributed by atoms with Crippen LogP contribution >= 0.6 is 0 Å². The molecule has 232 valence electrons. The van der Waals surface area contributed by atoms with E-state index in [4.69, 9.17) is 14.2 Å². The zero-order valence-corrected chi connectivity index (χ0v) is 25.7. The third kappa shape index (κ3) is 7.05. The highest BCUT2D eigenvalue weighted by molar-refractivity contribution is 5.91. The number of hydrogen-bond donors (Lipinski definition) is 1. The standard InChI is InChI=1S/C35H41N3O6/c1-4-26-21-28(20-24(2)32(26)43-23-25-10-6-5-7-11-25)30(22-39)33(42-3)44-35(41)37-17-15-29(16-18-37)38-19-14-27-12-8-9-13-31(27)36-34(38)40/h5-13,20-22,29-30,33H,4,14-19,23H2,1-3H3,(H,36,40)/t30-,33?/m1/s1. The summed E-state index contributed by atoms with van der Waals surface area (Å²) < 4.78 is 17.5. The summed E-state index contributed by atoms with van der Waals surface area (Å²) in [6.45, 7) is 5.93. The Balaban J connectivity index is 1.20. The number of fused-ring (bicyclic) bond motifs is 1. The van der Waals surface area contributed by atoms with Gasteiger partial charge in [-0.05, 0) is 66.5 Å². The largest absolute Gasteiger partial charge is 0.488 e. The number of benzene rings is 3. The molecule has 3 aromatic rings. The summed E-state index contributed by atoms with van der Waals surface area (Å²) in [6, 6.07) is 21.6. The number of aldehydes is 1. The number of urea groups is 1. The summed E-state index contributed by atoms with van der Waals surface area (Å²) in [6.07, 6.45) is 1.89. The number of likely N-dealkylation sites (tertiary alicyclic amines) is 1. The average Bonchev–Trinajstić information content (AvgIpc) is 3.22. The molecule has 9 heteroatoms. The van der Waals surface area contributed by atoms with Crippen molar-refractivity contribution in [3.05, 3.63) is 94.5 Å².